The van der Waals surface area contributed by atoms with Gasteiger partial charge in [0.15, 0.2) is 5.16 Å². The maximum Gasteiger partial charge on any atom is 0.258 e. The van der Waals surface area contributed by atoms with Crippen LogP contribution in [0, 0.1) is 0 Å². The number of carbonyl (C=O) groups is 1. The van der Waals surface area contributed by atoms with Crippen LogP contribution < -0.4 is 10.1 Å². The molecule has 6 nitrogen and oxygen atoms in total. The molecule has 3 rings (SSSR count). The number of methoxy groups -OCH3 is 1. The first-order chi connectivity index (χ1) is 9.28. The predicted molar refractivity (Wildman–Crippen MR) is 71.7 cm³/mol. The molecule has 19 heavy (non-hydrogen) atoms. The summed E-state index contributed by atoms with van der Waals surface area (Å²) in [4.78, 5) is 12.1. The van der Waals surface area contributed by atoms with Gasteiger partial charge in [-0.05, 0) is 18.2 Å². The van der Waals surface area contributed by atoms with Gasteiger partial charge >= 0.3 is 0 Å². The Morgan fingerprint density at radius 2 is 2.37 bits per heavy atom. The molecule has 0 fully saturated rings. The number of hydrogen-bond donors (Lipinski definition) is 1. The van der Waals surface area contributed by atoms with Crippen molar-refractivity contribution in [2.75, 3.05) is 18.2 Å². The van der Waals surface area contributed by atoms with Crippen LogP contribution in [-0.4, -0.2) is 33.5 Å². The average Bonchev–Trinajstić information content (AvgIpc) is 3.04. The highest BCUT2D eigenvalue weighted by Crippen LogP contribution is 2.26. The highest BCUT2D eigenvalue weighted by Gasteiger charge is 2.19. The Hall–Kier alpha value is -2.02. The predicted octanol–water partition coefficient (Wildman–Crippen LogP) is 1.64. The van der Waals surface area contributed by atoms with Crippen molar-refractivity contribution in [2.45, 2.75) is 11.7 Å². The van der Waals surface area contributed by atoms with Crippen LogP contribution in [0.25, 0.3) is 0 Å². The van der Waals surface area contributed by atoms with Crippen LogP contribution in [-0.2, 0) is 6.54 Å². The molecule has 1 aliphatic heterocycles. The van der Waals surface area contributed by atoms with E-state index >= 15 is 0 Å². The fraction of sp³-hybridized carbons (Fsp3) is 0.250. The third-order valence-corrected chi connectivity index (χ3v) is 3.77. The van der Waals surface area contributed by atoms with Crippen molar-refractivity contribution >= 4 is 23.6 Å². The van der Waals surface area contributed by atoms with Gasteiger partial charge in [-0.3, -0.25) is 14.7 Å². The molecule has 7 heteroatoms. The van der Waals surface area contributed by atoms with Crippen molar-refractivity contribution in [3.05, 3.63) is 29.8 Å². The molecule has 2 aromatic rings. The molecular formula is C12H12N4O2S. The van der Waals surface area contributed by atoms with E-state index in [1.54, 1.807) is 43.1 Å². The van der Waals surface area contributed by atoms with Crippen molar-refractivity contribution in [3.8, 4) is 5.75 Å². The van der Waals surface area contributed by atoms with Crippen LogP contribution in [0.5, 0.6) is 5.75 Å². The Kier molecular flexibility index (Phi) is 3.12. The monoisotopic (exact) mass is 276 g/mol. The van der Waals surface area contributed by atoms with Gasteiger partial charge in [-0.15, -0.1) is 10.2 Å². The topological polar surface area (TPSA) is 69.0 Å². The number of hydrogen-bond acceptors (Lipinski definition) is 5. The van der Waals surface area contributed by atoms with Crippen molar-refractivity contribution in [1.82, 2.24) is 14.8 Å². The molecule has 0 saturated carbocycles. The van der Waals surface area contributed by atoms with Gasteiger partial charge in [0.1, 0.15) is 5.75 Å². The van der Waals surface area contributed by atoms with E-state index in [4.69, 9.17) is 4.74 Å². The Morgan fingerprint density at radius 3 is 3.21 bits per heavy atom. The van der Waals surface area contributed by atoms with Crippen LogP contribution >= 0.6 is 11.8 Å². The van der Waals surface area contributed by atoms with Crippen molar-refractivity contribution in [2.24, 2.45) is 0 Å². The summed E-state index contributed by atoms with van der Waals surface area (Å²) in [6.07, 6.45) is 0. The number of benzene rings is 1. The molecular weight excluding hydrogens is 264 g/mol. The van der Waals surface area contributed by atoms with Gasteiger partial charge in [-0.1, -0.05) is 17.8 Å². The van der Waals surface area contributed by atoms with Gasteiger partial charge in [-0.25, -0.2) is 0 Å². The second-order valence-electron chi connectivity index (χ2n) is 3.99. The van der Waals surface area contributed by atoms with Crippen molar-refractivity contribution < 1.29 is 9.53 Å². The van der Waals surface area contributed by atoms with Gasteiger partial charge in [0.05, 0.1) is 7.11 Å². The number of anilines is 1. The summed E-state index contributed by atoms with van der Waals surface area (Å²) in [6.45, 7) is 0.820. The van der Waals surface area contributed by atoms with E-state index in [2.05, 4.69) is 15.5 Å². The maximum atomic E-state index is 12.1. The van der Waals surface area contributed by atoms with Gasteiger partial charge < -0.3 is 4.74 Å². The fourth-order valence-electron chi connectivity index (χ4n) is 1.86. The van der Waals surface area contributed by atoms with E-state index in [9.17, 15) is 4.79 Å². The molecule has 0 aliphatic carbocycles. The molecule has 1 aromatic heterocycles. The molecule has 1 aliphatic rings. The van der Waals surface area contributed by atoms with Crippen LogP contribution in [0.1, 0.15) is 10.4 Å². The molecule has 0 spiro atoms. The second kappa shape index (κ2) is 4.93. The molecule has 0 radical (unpaired) electrons. The third kappa shape index (κ3) is 2.28. The van der Waals surface area contributed by atoms with Gasteiger partial charge in [0, 0.05) is 17.9 Å². The Bertz CT molecular complexity index is 626. The fourth-order valence-corrected chi connectivity index (χ4v) is 2.74. The zero-order valence-corrected chi connectivity index (χ0v) is 11.1. The number of nitrogens with zero attached hydrogens (tertiary/aromatic N) is 3. The smallest absolute Gasteiger partial charge is 0.258 e. The molecule has 98 valence electrons. The molecule has 0 unspecified atom stereocenters. The molecule has 2 heterocycles. The molecule has 1 amide bonds. The first-order valence-electron chi connectivity index (χ1n) is 5.79. The summed E-state index contributed by atoms with van der Waals surface area (Å²) >= 11 is 1.64. The van der Waals surface area contributed by atoms with Gasteiger partial charge in [0.2, 0.25) is 5.95 Å². The standard InChI is InChI=1S/C12H12N4O2S/c1-18-9-4-2-3-8(7-9)10(17)13-11-14-15-12-16(11)5-6-19-12/h2-4,7H,5-6H2,1H3,(H,13,14,17). The minimum atomic E-state index is -0.217. The molecule has 1 N–H and O–H groups in total. The molecule has 0 atom stereocenters. The lowest BCUT2D eigenvalue weighted by molar-refractivity contribution is 0.102. The number of ether oxygens (including phenoxy) is 1. The highest BCUT2D eigenvalue weighted by molar-refractivity contribution is 7.99. The average molecular weight is 276 g/mol. The number of carbonyl (C=O) groups excluding carboxylic acids is 1. The largest absolute Gasteiger partial charge is 0.497 e. The Morgan fingerprint density at radius 1 is 1.47 bits per heavy atom. The lowest BCUT2D eigenvalue weighted by Crippen LogP contribution is -2.15. The Labute approximate surface area is 114 Å². The number of rotatable bonds is 3. The summed E-state index contributed by atoms with van der Waals surface area (Å²) in [5.41, 5.74) is 0.530. The van der Waals surface area contributed by atoms with Crippen molar-refractivity contribution in [1.29, 1.82) is 0 Å². The molecule has 1 aromatic carbocycles. The van der Waals surface area contributed by atoms with Gasteiger partial charge in [-0.2, -0.15) is 0 Å². The zero-order chi connectivity index (χ0) is 13.2. The van der Waals surface area contributed by atoms with Crippen LogP contribution in [0.4, 0.5) is 5.95 Å². The van der Waals surface area contributed by atoms with Crippen LogP contribution in [0.3, 0.4) is 0 Å². The number of fused-ring (bicyclic) bond motifs is 1. The first kappa shape index (κ1) is 12.0. The van der Waals surface area contributed by atoms with Crippen molar-refractivity contribution in [3.63, 3.8) is 0 Å². The normalized spacial score (nSPS) is 13.1. The minimum Gasteiger partial charge on any atom is -0.497 e. The summed E-state index contributed by atoms with van der Waals surface area (Å²) in [5, 5.41) is 11.6. The summed E-state index contributed by atoms with van der Waals surface area (Å²) < 4.78 is 7.00. The quantitative estimate of drug-likeness (QED) is 0.923. The first-order valence-corrected chi connectivity index (χ1v) is 6.78. The van der Waals surface area contributed by atoms with E-state index in [1.165, 1.54) is 0 Å². The third-order valence-electron chi connectivity index (χ3n) is 2.82. The molecule has 0 saturated heterocycles. The van der Waals surface area contributed by atoms with Crippen LogP contribution in [0.15, 0.2) is 29.4 Å². The SMILES string of the molecule is COc1cccc(C(=O)Nc2nnc3n2CCS3)c1. The summed E-state index contributed by atoms with van der Waals surface area (Å²) in [5.74, 6) is 1.89. The highest BCUT2D eigenvalue weighted by atomic mass is 32.2. The Balaban J connectivity index is 1.80. The number of amides is 1. The summed E-state index contributed by atoms with van der Waals surface area (Å²) in [7, 11) is 1.57. The summed E-state index contributed by atoms with van der Waals surface area (Å²) in [6, 6.07) is 6.99. The number of aromatic nitrogens is 3. The van der Waals surface area contributed by atoms with Gasteiger partial charge in [0.25, 0.3) is 5.91 Å². The second-order valence-corrected chi connectivity index (χ2v) is 5.05. The van der Waals surface area contributed by atoms with E-state index in [-0.39, 0.29) is 5.91 Å². The minimum absolute atomic E-state index is 0.217. The molecule has 0 bridgehead atoms. The number of thioether (sulfide) groups is 1. The number of nitrogens with one attached hydrogen (secondary N) is 1. The van der Waals surface area contributed by atoms with E-state index in [1.807, 2.05) is 4.57 Å². The van der Waals surface area contributed by atoms with Crippen LogP contribution in [0.2, 0.25) is 0 Å². The van der Waals surface area contributed by atoms with E-state index < -0.39 is 0 Å². The zero-order valence-electron chi connectivity index (χ0n) is 10.3. The van der Waals surface area contributed by atoms with E-state index in [0.29, 0.717) is 17.3 Å². The lowest BCUT2D eigenvalue weighted by atomic mass is 10.2. The maximum absolute atomic E-state index is 12.1. The lowest BCUT2D eigenvalue weighted by Gasteiger charge is -2.06. The van der Waals surface area contributed by atoms with E-state index in [0.717, 1.165) is 17.5 Å².